The summed E-state index contributed by atoms with van der Waals surface area (Å²) in [4.78, 5) is 7.57. The lowest BCUT2D eigenvalue weighted by Crippen LogP contribution is -2.32. The minimum absolute atomic E-state index is 0.643. The van der Waals surface area contributed by atoms with Gasteiger partial charge in [-0.25, -0.2) is 0 Å². The lowest BCUT2D eigenvalue weighted by Gasteiger charge is -2.30. The highest BCUT2D eigenvalue weighted by atomic mass is 15.1. The van der Waals surface area contributed by atoms with Crippen molar-refractivity contribution < 1.29 is 0 Å². The number of piperidine rings is 1. The van der Waals surface area contributed by atoms with Gasteiger partial charge >= 0.3 is 0 Å². The summed E-state index contributed by atoms with van der Waals surface area (Å²) in [6.07, 6.45) is 7.82. The van der Waals surface area contributed by atoms with Crippen molar-refractivity contribution >= 4 is 0 Å². The molecule has 1 aliphatic heterocycles. The molecule has 0 amide bonds. The zero-order chi connectivity index (χ0) is 15.6. The molecule has 0 bridgehead atoms. The molecule has 2 heterocycles. The summed E-state index contributed by atoms with van der Waals surface area (Å²) in [5.74, 6) is 1.61. The average molecular weight is 300 g/mol. The molecule has 0 aromatic carbocycles. The zero-order valence-electron chi connectivity index (χ0n) is 14.6. The molecule has 1 aliphatic carbocycles. The zero-order valence-corrected chi connectivity index (χ0v) is 14.6. The number of nitrogens with zero attached hydrogens (tertiary/aromatic N) is 2. The van der Waals surface area contributed by atoms with Gasteiger partial charge in [-0.2, -0.15) is 0 Å². The third-order valence-electron chi connectivity index (χ3n) is 6.46. The predicted octanol–water partition coefficient (Wildman–Crippen LogP) is 4.65. The van der Waals surface area contributed by atoms with Crippen molar-refractivity contribution in [1.29, 1.82) is 0 Å². The predicted molar refractivity (Wildman–Crippen MR) is 93.2 cm³/mol. The molecule has 2 heteroatoms. The van der Waals surface area contributed by atoms with E-state index in [1.807, 2.05) is 0 Å². The first-order valence-electron chi connectivity index (χ1n) is 9.35. The number of rotatable bonds is 6. The number of aromatic nitrogens is 1. The van der Waals surface area contributed by atoms with Gasteiger partial charge in [-0.05, 0) is 75.2 Å². The minimum Gasteiger partial charge on any atom is -0.304 e. The van der Waals surface area contributed by atoms with Crippen molar-refractivity contribution in [3.8, 4) is 0 Å². The molecule has 1 aromatic rings. The Morgan fingerprint density at radius 1 is 1.23 bits per heavy atom. The van der Waals surface area contributed by atoms with Crippen molar-refractivity contribution in [3.63, 3.8) is 0 Å². The summed E-state index contributed by atoms with van der Waals surface area (Å²) in [5.41, 5.74) is 3.31. The SMILES string of the molecule is CCN1CCC(c2cccc(CCC3(CC)CC3C)n2)CC1. The van der Waals surface area contributed by atoms with Crippen LogP contribution < -0.4 is 0 Å². The number of pyridine rings is 1. The first-order chi connectivity index (χ1) is 10.7. The maximum atomic E-state index is 5.02. The fraction of sp³-hybridized carbons (Fsp3) is 0.750. The first-order valence-corrected chi connectivity index (χ1v) is 9.35. The van der Waals surface area contributed by atoms with E-state index in [-0.39, 0.29) is 0 Å². The molecular formula is C20H32N2. The highest BCUT2D eigenvalue weighted by Crippen LogP contribution is 2.57. The molecule has 1 aromatic heterocycles. The Labute approximate surface area is 136 Å². The number of aryl methyl sites for hydroxylation is 1. The van der Waals surface area contributed by atoms with Crippen LogP contribution in [-0.4, -0.2) is 29.5 Å². The van der Waals surface area contributed by atoms with Gasteiger partial charge in [0.15, 0.2) is 0 Å². The maximum absolute atomic E-state index is 5.02. The average Bonchev–Trinajstić information content (AvgIpc) is 3.24. The van der Waals surface area contributed by atoms with E-state index < -0.39 is 0 Å². The molecule has 2 aliphatic rings. The van der Waals surface area contributed by atoms with Crippen molar-refractivity contribution in [3.05, 3.63) is 29.6 Å². The monoisotopic (exact) mass is 300 g/mol. The molecule has 0 radical (unpaired) electrons. The van der Waals surface area contributed by atoms with Crippen LogP contribution in [0.2, 0.25) is 0 Å². The van der Waals surface area contributed by atoms with Crippen molar-refractivity contribution in [2.24, 2.45) is 11.3 Å². The van der Waals surface area contributed by atoms with E-state index in [1.165, 1.54) is 69.5 Å². The van der Waals surface area contributed by atoms with Crippen molar-refractivity contribution in [1.82, 2.24) is 9.88 Å². The summed E-state index contributed by atoms with van der Waals surface area (Å²) < 4.78 is 0. The van der Waals surface area contributed by atoms with E-state index in [1.54, 1.807) is 0 Å². The van der Waals surface area contributed by atoms with E-state index in [0.717, 1.165) is 5.92 Å². The number of hydrogen-bond acceptors (Lipinski definition) is 2. The lowest BCUT2D eigenvalue weighted by atomic mass is 9.91. The Morgan fingerprint density at radius 3 is 2.55 bits per heavy atom. The van der Waals surface area contributed by atoms with Crippen LogP contribution in [0.1, 0.15) is 70.2 Å². The molecule has 2 atom stereocenters. The number of likely N-dealkylation sites (tertiary alicyclic amines) is 1. The maximum Gasteiger partial charge on any atom is 0.0438 e. The molecule has 122 valence electrons. The second kappa shape index (κ2) is 6.70. The Morgan fingerprint density at radius 2 is 1.95 bits per heavy atom. The van der Waals surface area contributed by atoms with Gasteiger partial charge in [0.1, 0.15) is 0 Å². The second-order valence-electron chi connectivity index (χ2n) is 7.58. The van der Waals surface area contributed by atoms with Crippen molar-refractivity contribution in [2.45, 2.75) is 65.2 Å². The Bertz CT molecular complexity index is 486. The van der Waals surface area contributed by atoms with Gasteiger partial charge in [-0.15, -0.1) is 0 Å². The highest BCUT2D eigenvalue weighted by Gasteiger charge is 2.48. The Kier molecular flexibility index (Phi) is 4.87. The third kappa shape index (κ3) is 3.37. The van der Waals surface area contributed by atoms with E-state index in [4.69, 9.17) is 4.98 Å². The van der Waals surface area contributed by atoms with E-state index in [9.17, 15) is 0 Å². The van der Waals surface area contributed by atoms with Crippen LogP contribution in [0.5, 0.6) is 0 Å². The van der Waals surface area contributed by atoms with Gasteiger partial charge in [0.05, 0.1) is 0 Å². The normalized spacial score (nSPS) is 29.7. The van der Waals surface area contributed by atoms with Gasteiger partial charge in [0, 0.05) is 17.3 Å². The summed E-state index contributed by atoms with van der Waals surface area (Å²) in [6, 6.07) is 6.73. The lowest BCUT2D eigenvalue weighted by molar-refractivity contribution is 0.221. The van der Waals surface area contributed by atoms with Crippen LogP contribution in [0.4, 0.5) is 0 Å². The fourth-order valence-corrected chi connectivity index (χ4v) is 4.36. The summed E-state index contributed by atoms with van der Waals surface area (Å²) in [6.45, 7) is 10.7. The van der Waals surface area contributed by atoms with Crippen LogP contribution in [0.15, 0.2) is 18.2 Å². The smallest absolute Gasteiger partial charge is 0.0438 e. The molecule has 2 unspecified atom stereocenters. The van der Waals surface area contributed by atoms with Crippen LogP contribution in [0.25, 0.3) is 0 Å². The summed E-state index contributed by atoms with van der Waals surface area (Å²) >= 11 is 0. The van der Waals surface area contributed by atoms with Gasteiger partial charge in [-0.3, -0.25) is 4.98 Å². The molecule has 2 fully saturated rings. The summed E-state index contributed by atoms with van der Waals surface area (Å²) in [5, 5.41) is 0. The van der Waals surface area contributed by atoms with E-state index in [2.05, 4.69) is 43.9 Å². The van der Waals surface area contributed by atoms with Crippen LogP contribution in [-0.2, 0) is 6.42 Å². The molecule has 0 spiro atoms. The molecule has 2 nitrogen and oxygen atoms in total. The molecule has 3 rings (SSSR count). The van der Waals surface area contributed by atoms with Gasteiger partial charge in [-0.1, -0.05) is 33.3 Å². The molecule has 1 saturated heterocycles. The van der Waals surface area contributed by atoms with E-state index in [0.29, 0.717) is 11.3 Å². The number of hydrogen-bond donors (Lipinski definition) is 0. The second-order valence-corrected chi connectivity index (χ2v) is 7.58. The molecule has 0 N–H and O–H groups in total. The minimum atomic E-state index is 0.643. The van der Waals surface area contributed by atoms with E-state index >= 15 is 0 Å². The largest absolute Gasteiger partial charge is 0.304 e. The molecule has 1 saturated carbocycles. The van der Waals surface area contributed by atoms with Crippen LogP contribution >= 0.6 is 0 Å². The van der Waals surface area contributed by atoms with Gasteiger partial charge < -0.3 is 4.90 Å². The fourth-order valence-electron chi connectivity index (χ4n) is 4.36. The molecular weight excluding hydrogens is 268 g/mol. The summed E-state index contributed by atoms with van der Waals surface area (Å²) in [7, 11) is 0. The highest BCUT2D eigenvalue weighted by molar-refractivity contribution is 5.16. The quantitative estimate of drug-likeness (QED) is 0.760. The molecule has 22 heavy (non-hydrogen) atoms. The third-order valence-corrected chi connectivity index (χ3v) is 6.46. The Hall–Kier alpha value is -0.890. The Balaban J connectivity index is 1.58. The van der Waals surface area contributed by atoms with Gasteiger partial charge in [0.2, 0.25) is 0 Å². The van der Waals surface area contributed by atoms with Crippen LogP contribution in [0, 0.1) is 11.3 Å². The first kappa shape index (κ1) is 16.0. The topological polar surface area (TPSA) is 16.1 Å². The van der Waals surface area contributed by atoms with Gasteiger partial charge in [0.25, 0.3) is 0 Å². The van der Waals surface area contributed by atoms with Crippen molar-refractivity contribution in [2.75, 3.05) is 19.6 Å². The standard InChI is InChI=1S/C20H32N2/c1-4-20(15-16(20)3)12-9-18-7-6-8-19(21-18)17-10-13-22(5-2)14-11-17/h6-8,16-17H,4-5,9-15H2,1-3H3. The van der Waals surface area contributed by atoms with Crippen LogP contribution in [0.3, 0.4) is 0 Å².